The molecule has 4 rings (SSSR count). The summed E-state index contributed by atoms with van der Waals surface area (Å²) >= 11 is 0. The lowest BCUT2D eigenvalue weighted by Gasteiger charge is -2.18. The van der Waals surface area contributed by atoms with E-state index in [1.807, 2.05) is 24.3 Å². The smallest absolute Gasteiger partial charge is 0.145 e. The molecule has 0 spiro atoms. The van der Waals surface area contributed by atoms with E-state index in [2.05, 4.69) is 9.97 Å². The van der Waals surface area contributed by atoms with Crippen molar-refractivity contribution in [3.8, 4) is 5.75 Å². The Morgan fingerprint density at radius 2 is 1.91 bits per heavy atom. The number of aliphatic hydroxyl groups is 1. The number of hydrogen-bond acceptors (Lipinski definition) is 4. The number of aromatic nitrogens is 2. The molecule has 0 atom stereocenters. The zero-order chi connectivity index (χ0) is 16.0. The number of nitrogens with one attached hydrogen (secondary N) is 2. The Morgan fingerprint density at radius 3 is 2.70 bits per heavy atom. The highest BCUT2D eigenvalue weighted by Crippen LogP contribution is 2.31. The molecule has 23 heavy (non-hydrogen) atoms. The molecule has 6 nitrogen and oxygen atoms in total. The van der Waals surface area contributed by atoms with Gasteiger partial charge in [-0.2, -0.15) is 0 Å². The third kappa shape index (κ3) is 2.12. The summed E-state index contributed by atoms with van der Waals surface area (Å²) in [6.07, 6.45) is 0. The Morgan fingerprint density at radius 1 is 1.09 bits per heavy atom. The van der Waals surface area contributed by atoms with Gasteiger partial charge in [0.1, 0.15) is 23.2 Å². The van der Waals surface area contributed by atoms with Crippen molar-refractivity contribution < 1.29 is 10.2 Å². The van der Waals surface area contributed by atoms with Crippen LogP contribution in [0.25, 0.3) is 16.6 Å². The van der Waals surface area contributed by atoms with Gasteiger partial charge in [0.25, 0.3) is 0 Å². The highest BCUT2D eigenvalue weighted by molar-refractivity contribution is 6.30. The van der Waals surface area contributed by atoms with Crippen LogP contribution < -0.4 is 4.90 Å². The SMILES string of the molecule is N=C1C(c2nc3ccccc3[nH]2)=C(O)CN1c1cccc(O)c1. The van der Waals surface area contributed by atoms with E-state index in [0.29, 0.717) is 17.1 Å². The normalized spacial score (nSPS) is 15.0. The number of hydrogen-bond donors (Lipinski definition) is 4. The van der Waals surface area contributed by atoms with Gasteiger partial charge in [-0.3, -0.25) is 5.41 Å². The maximum absolute atomic E-state index is 10.3. The Hall–Kier alpha value is -3.28. The van der Waals surface area contributed by atoms with Gasteiger partial charge in [-0.1, -0.05) is 18.2 Å². The number of nitrogens with zero attached hydrogens (tertiary/aromatic N) is 2. The van der Waals surface area contributed by atoms with Gasteiger partial charge in [0.2, 0.25) is 0 Å². The van der Waals surface area contributed by atoms with Crippen molar-refractivity contribution >= 4 is 28.1 Å². The van der Waals surface area contributed by atoms with Gasteiger partial charge in [-0.15, -0.1) is 0 Å². The van der Waals surface area contributed by atoms with E-state index in [-0.39, 0.29) is 23.9 Å². The van der Waals surface area contributed by atoms with Crippen LogP contribution in [0.3, 0.4) is 0 Å². The van der Waals surface area contributed by atoms with Gasteiger partial charge in [-0.05, 0) is 24.3 Å². The highest BCUT2D eigenvalue weighted by Gasteiger charge is 2.31. The number of rotatable bonds is 2. The Labute approximate surface area is 131 Å². The second-order valence-corrected chi connectivity index (χ2v) is 5.38. The maximum atomic E-state index is 10.3. The Balaban J connectivity index is 1.74. The van der Waals surface area contributed by atoms with Gasteiger partial charge in [0, 0.05) is 11.8 Å². The number of phenols is 1. The molecule has 1 aromatic heterocycles. The topological polar surface area (TPSA) is 96.2 Å². The van der Waals surface area contributed by atoms with Crippen LogP contribution in [0.15, 0.2) is 54.3 Å². The molecule has 3 aromatic rings. The number of aromatic amines is 1. The highest BCUT2D eigenvalue weighted by atomic mass is 16.3. The Bertz CT molecular complexity index is 925. The average molecular weight is 306 g/mol. The molecule has 0 saturated carbocycles. The Kier molecular flexibility index (Phi) is 2.84. The summed E-state index contributed by atoms with van der Waals surface area (Å²) in [4.78, 5) is 9.21. The minimum absolute atomic E-state index is 0.0809. The summed E-state index contributed by atoms with van der Waals surface area (Å²) in [5.74, 6) is 0.813. The average Bonchev–Trinajstić information content (AvgIpc) is 3.07. The number of imidazole rings is 1. The number of fused-ring (bicyclic) bond motifs is 1. The third-order valence-electron chi connectivity index (χ3n) is 3.87. The predicted molar refractivity (Wildman–Crippen MR) is 88.8 cm³/mol. The van der Waals surface area contributed by atoms with Crippen LogP contribution in [0, 0.1) is 5.41 Å². The second kappa shape index (κ2) is 4.88. The molecule has 6 heteroatoms. The summed E-state index contributed by atoms with van der Waals surface area (Å²) in [7, 11) is 0. The number of benzene rings is 2. The third-order valence-corrected chi connectivity index (χ3v) is 3.87. The molecule has 0 aliphatic carbocycles. The van der Waals surface area contributed by atoms with E-state index < -0.39 is 0 Å². The van der Waals surface area contributed by atoms with Gasteiger partial charge in [-0.25, -0.2) is 4.98 Å². The largest absolute Gasteiger partial charge is 0.509 e. The van der Waals surface area contributed by atoms with Crippen LogP contribution in [-0.4, -0.2) is 32.6 Å². The van der Waals surface area contributed by atoms with Gasteiger partial charge < -0.3 is 20.1 Å². The summed E-state index contributed by atoms with van der Waals surface area (Å²) < 4.78 is 0. The molecule has 0 amide bonds. The molecular weight excluding hydrogens is 292 g/mol. The molecule has 0 fully saturated rings. The number of para-hydroxylation sites is 2. The van der Waals surface area contributed by atoms with Crippen LogP contribution in [-0.2, 0) is 0 Å². The van der Waals surface area contributed by atoms with Crippen molar-refractivity contribution in [2.45, 2.75) is 0 Å². The van der Waals surface area contributed by atoms with Crippen LogP contribution in [0.4, 0.5) is 5.69 Å². The summed E-state index contributed by atoms with van der Waals surface area (Å²) in [5.41, 5.74) is 2.66. The van der Waals surface area contributed by atoms with Crippen molar-refractivity contribution in [2.75, 3.05) is 11.4 Å². The first-order chi connectivity index (χ1) is 11.1. The zero-order valence-electron chi connectivity index (χ0n) is 12.1. The number of aliphatic hydroxyl groups excluding tert-OH is 1. The molecular formula is C17H14N4O2. The fraction of sp³-hybridized carbons (Fsp3) is 0.0588. The lowest BCUT2D eigenvalue weighted by atomic mass is 10.2. The van der Waals surface area contributed by atoms with Crippen LogP contribution >= 0.6 is 0 Å². The first-order valence-corrected chi connectivity index (χ1v) is 7.16. The molecule has 2 heterocycles. The second-order valence-electron chi connectivity index (χ2n) is 5.38. The van der Waals surface area contributed by atoms with Gasteiger partial charge >= 0.3 is 0 Å². The van der Waals surface area contributed by atoms with Gasteiger partial charge in [0.15, 0.2) is 0 Å². The quantitative estimate of drug-likeness (QED) is 0.585. The number of aromatic hydroxyl groups is 1. The van der Waals surface area contributed by atoms with E-state index in [9.17, 15) is 10.2 Å². The lowest BCUT2D eigenvalue weighted by Crippen LogP contribution is -2.26. The number of H-pyrrole nitrogens is 1. The monoisotopic (exact) mass is 306 g/mol. The van der Waals surface area contributed by atoms with Crippen LogP contribution in [0.2, 0.25) is 0 Å². The molecule has 2 aromatic carbocycles. The minimum atomic E-state index is 0.0809. The van der Waals surface area contributed by atoms with Crippen LogP contribution in [0.5, 0.6) is 5.75 Å². The van der Waals surface area contributed by atoms with E-state index >= 15 is 0 Å². The molecule has 0 radical (unpaired) electrons. The van der Waals surface area contributed by atoms with Crippen molar-refractivity contribution in [2.24, 2.45) is 0 Å². The summed E-state index contributed by atoms with van der Waals surface area (Å²) in [5, 5.41) is 28.3. The van der Waals surface area contributed by atoms with Crippen molar-refractivity contribution in [1.82, 2.24) is 9.97 Å². The van der Waals surface area contributed by atoms with Crippen molar-refractivity contribution in [3.63, 3.8) is 0 Å². The molecule has 0 saturated heterocycles. The zero-order valence-corrected chi connectivity index (χ0v) is 12.1. The minimum Gasteiger partial charge on any atom is -0.509 e. The molecule has 1 aliphatic rings. The molecule has 114 valence electrons. The summed E-state index contributed by atoms with van der Waals surface area (Å²) in [6.45, 7) is 0.175. The lowest BCUT2D eigenvalue weighted by molar-refractivity contribution is 0.411. The first kappa shape index (κ1) is 13.4. The summed E-state index contributed by atoms with van der Waals surface area (Å²) in [6, 6.07) is 14.2. The van der Waals surface area contributed by atoms with Crippen molar-refractivity contribution in [1.29, 1.82) is 5.41 Å². The predicted octanol–water partition coefficient (Wildman–Crippen LogP) is 3.04. The number of phenolic OH excluding ortho intramolecular Hbond substituents is 1. The van der Waals surface area contributed by atoms with E-state index in [1.165, 1.54) is 0 Å². The van der Waals surface area contributed by atoms with E-state index in [4.69, 9.17) is 5.41 Å². The molecule has 4 N–H and O–H groups in total. The maximum Gasteiger partial charge on any atom is 0.145 e. The fourth-order valence-electron chi connectivity index (χ4n) is 2.78. The van der Waals surface area contributed by atoms with Gasteiger partial charge in [0.05, 0.1) is 23.2 Å². The number of amidine groups is 1. The molecule has 0 unspecified atom stereocenters. The molecule has 1 aliphatic heterocycles. The first-order valence-electron chi connectivity index (χ1n) is 7.16. The van der Waals surface area contributed by atoms with Crippen LogP contribution in [0.1, 0.15) is 5.82 Å². The van der Waals surface area contributed by atoms with E-state index in [1.54, 1.807) is 29.2 Å². The van der Waals surface area contributed by atoms with Crippen molar-refractivity contribution in [3.05, 3.63) is 60.1 Å². The standard InChI is InChI=1S/C17H14N4O2/c18-16-15(17-19-12-6-1-2-7-13(12)20-17)14(23)9-21(16)10-4-3-5-11(22)8-10/h1-8,18,22-23H,9H2,(H,19,20). The fourth-order valence-corrected chi connectivity index (χ4v) is 2.78. The molecule has 0 bridgehead atoms. The number of anilines is 1. The van der Waals surface area contributed by atoms with E-state index in [0.717, 1.165) is 11.0 Å².